The van der Waals surface area contributed by atoms with Gasteiger partial charge in [0.2, 0.25) is 5.43 Å². The molecular formula is C10H14N2O4. The largest absolute Gasteiger partial charge is 0.491 e. The maximum absolute atomic E-state index is 11.4. The van der Waals surface area contributed by atoms with Gasteiger partial charge in [0.15, 0.2) is 5.75 Å². The summed E-state index contributed by atoms with van der Waals surface area (Å²) in [4.78, 5) is 25.0. The molecule has 0 aliphatic carbocycles. The zero-order valence-electron chi connectivity index (χ0n) is 9.11. The number of carboxylic acid groups (broad SMARTS) is 1. The molecular weight excluding hydrogens is 212 g/mol. The quantitative estimate of drug-likeness (QED) is 0.655. The summed E-state index contributed by atoms with van der Waals surface area (Å²) in [7, 11) is 1.38. The molecule has 0 bridgehead atoms. The number of ether oxygens (including phenoxy) is 1. The lowest BCUT2D eigenvalue weighted by Crippen LogP contribution is -2.47. The van der Waals surface area contributed by atoms with Crippen molar-refractivity contribution >= 4 is 5.97 Å². The Balaban J connectivity index is 2.96. The van der Waals surface area contributed by atoms with Crippen LogP contribution in [0.15, 0.2) is 17.1 Å². The number of rotatable bonds is 4. The van der Waals surface area contributed by atoms with E-state index < -0.39 is 11.5 Å². The predicted molar refractivity (Wildman–Crippen MR) is 57.5 cm³/mol. The Hall–Kier alpha value is -1.82. The van der Waals surface area contributed by atoms with Crippen molar-refractivity contribution in [1.29, 1.82) is 0 Å². The Bertz CT molecular complexity index is 450. The van der Waals surface area contributed by atoms with Crippen molar-refractivity contribution in [2.24, 2.45) is 5.73 Å². The normalized spacial score (nSPS) is 14.2. The molecule has 0 fully saturated rings. The van der Waals surface area contributed by atoms with Gasteiger partial charge in [-0.25, -0.2) is 0 Å². The molecule has 6 heteroatoms. The van der Waals surface area contributed by atoms with Crippen LogP contribution < -0.4 is 15.9 Å². The maximum Gasteiger partial charge on any atom is 0.323 e. The molecule has 16 heavy (non-hydrogen) atoms. The predicted octanol–water partition coefficient (Wildman–Crippen LogP) is -0.272. The molecule has 1 atom stereocenters. The fourth-order valence-electron chi connectivity index (χ4n) is 1.23. The highest BCUT2D eigenvalue weighted by atomic mass is 16.5. The van der Waals surface area contributed by atoms with Gasteiger partial charge in [-0.3, -0.25) is 9.59 Å². The number of H-pyrrole nitrogens is 1. The van der Waals surface area contributed by atoms with E-state index in [0.29, 0.717) is 5.69 Å². The van der Waals surface area contributed by atoms with Gasteiger partial charge in [0, 0.05) is 24.4 Å². The van der Waals surface area contributed by atoms with Crippen molar-refractivity contribution in [3.8, 4) is 5.75 Å². The first-order valence-corrected chi connectivity index (χ1v) is 4.64. The van der Waals surface area contributed by atoms with Crippen LogP contribution in [0, 0.1) is 0 Å². The second-order valence-electron chi connectivity index (χ2n) is 3.79. The number of carbonyl (C=O) groups is 1. The van der Waals surface area contributed by atoms with Gasteiger partial charge < -0.3 is 20.6 Å². The lowest BCUT2D eigenvalue weighted by Gasteiger charge is -2.18. The van der Waals surface area contributed by atoms with Crippen molar-refractivity contribution in [3.63, 3.8) is 0 Å². The van der Waals surface area contributed by atoms with E-state index in [2.05, 4.69) is 4.98 Å². The third-order valence-electron chi connectivity index (χ3n) is 2.20. The van der Waals surface area contributed by atoms with Crippen molar-refractivity contribution in [1.82, 2.24) is 4.98 Å². The van der Waals surface area contributed by atoms with E-state index in [1.807, 2.05) is 0 Å². The number of aliphatic carboxylic acids is 1. The summed E-state index contributed by atoms with van der Waals surface area (Å²) in [5.74, 6) is -0.943. The van der Waals surface area contributed by atoms with Crippen molar-refractivity contribution in [3.05, 3.63) is 28.2 Å². The van der Waals surface area contributed by atoms with E-state index in [1.165, 1.54) is 26.3 Å². The Morgan fingerprint density at radius 1 is 1.69 bits per heavy atom. The molecule has 0 aliphatic rings. The minimum absolute atomic E-state index is 0.0432. The summed E-state index contributed by atoms with van der Waals surface area (Å²) < 4.78 is 4.79. The first-order chi connectivity index (χ1) is 7.36. The van der Waals surface area contributed by atoms with E-state index >= 15 is 0 Å². The molecule has 0 saturated heterocycles. The third-order valence-corrected chi connectivity index (χ3v) is 2.20. The summed E-state index contributed by atoms with van der Waals surface area (Å²) in [6, 6.07) is 1.28. The Kier molecular flexibility index (Phi) is 3.34. The molecule has 1 aromatic rings. The number of carboxylic acids is 1. The molecule has 0 radical (unpaired) electrons. The van der Waals surface area contributed by atoms with Crippen LogP contribution >= 0.6 is 0 Å². The minimum Gasteiger partial charge on any atom is -0.491 e. The maximum atomic E-state index is 11.4. The van der Waals surface area contributed by atoms with E-state index in [-0.39, 0.29) is 17.6 Å². The van der Waals surface area contributed by atoms with Crippen LogP contribution in [0.25, 0.3) is 0 Å². The van der Waals surface area contributed by atoms with Gasteiger partial charge in [-0.1, -0.05) is 0 Å². The monoisotopic (exact) mass is 226 g/mol. The van der Waals surface area contributed by atoms with Gasteiger partial charge in [-0.05, 0) is 6.92 Å². The van der Waals surface area contributed by atoms with Crippen LogP contribution in [0.4, 0.5) is 0 Å². The molecule has 1 rings (SSSR count). The number of pyridine rings is 1. The molecule has 88 valence electrons. The van der Waals surface area contributed by atoms with Crippen molar-refractivity contribution in [2.75, 3.05) is 7.11 Å². The van der Waals surface area contributed by atoms with Crippen LogP contribution in [0.3, 0.4) is 0 Å². The number of aromatic nitrogens is 1. The van der Waals surface area contributed by atoms with Gasteiger partial charge in [0.1, 0.15) is 5.54 Å². The fourth-order valence-corrected chi connectivity index (χ4v) is 1.23. The van der Waals surface area contributed by atoms with E-state index in [4.69, 9.17) is 15.6 Å². The second-order valence-corrected chi connectivity index (χ2v) is 3.79. The standard InChI is InChI=1S/C10H14N2O4/c1-10(11,9(14)15)4-6-3-7(13)8(16-2)5-12-6/h3,5H,4,11H2,1-2H3,(H,12,13)(H,14,15)/t10-/m1/s1. The number of hydrogen-bond donors (Lipinski definition) is 3. The molecule has 1 aromatic heterocycles. The van der Waals surface area contributed by atoms with E-state index in [9.17, 15) is 9.59 Å². The molecule has 4 N–H and O–H groups in total. The lowest BCUT2D eigenvalue weighted by molar-refractivity contribution is -0.142. The highest BCUT2D eigenvalue weighted by Gasteiger charge is 2.28. The van der Waals surface area contributed by atoms with Gasteiger partial charge in [-0.15, -0.1) is 0 Å². The van der Waals surface area contributed by atoms with Crippen molar-refractivity contribution < 1.29 is 14.6 Å². The van der Waals surface area contributed by atoms with Crippen LogP contribution in [0.2, 0.25) is 0 Å². The number of methoxy groups -OCH3 is 1. The minimum atomic E-state index is -1.41. The summed E-state index contributed by atoms with van der Waals surface area (Å²) in [6.07, 6.45) is 1.43. The average molecular weight is 226 g/mol. The summed E-state index contributed by atoms with van der Waals surface area (Å²) in [5, 5.41) is 8.83. The topological polar surface area (TPSA) is 105 Å². The molecule has 0 spiro atoms. The smallest absolute Gasteiger partial charge is 0.323 e. The highest BCUT2D eigenvalue weighted by molar-refractivity contribution is 5.78. The van der Waals surface area contributed by atoms with Crippen LogP contribution in [-0.4, -0.2) is 28.7 Å². The number of hydrogen-bond acceptors (Lipinski definition) is 4. The first kappa shape index (κ1) is 12.3. The third kappa shape index (κ3) is 2.60. The molecule has 0 aromatic carbocycles. The van der Waals surface area contributed by atoms with Crippen LogP contribution in [0.5, 0.6) is 5.75 Å². The number of aromatic amines is 1. The van der Waals surface area contributed by atoms with E-state index in [1.54, 1.807) is 0 Å². The number of nitrogens with two attached hydrogens (primary N) is 1. The Morgan fingerprint density at radius 3 is 2.75 bits per heavy atom. The zero-order valence-corrected chi connectivity index (χ0v) is 9.11. The molecule has 1 heterocycles. The summed E-state index contributed by atoms with van der Waals surface area (Å²) in [5.41, 5.74) is 4.30. The molecule has 0 unspecified atom stereocenters. The SMILES string of the molecule is COc1c[nH]c(C[C@@](C)(N)C(=O)O)cc1=O. The summed E-state index contributed by atoms with van der Waals surface area (Å²) >= 11 is 0. The van der Waals surface area contributed by atoms with Crippen molar-refractivity contribution in [2.45, 2.75) is 18.9 Å². The molecule has 0 aliphatic heterocycles. The van der Waals surface area contributed by atoms with Crippen LogP contribution in [-0.2, 0) is 11.2 Å². The van der Waals surface area contributed by atoms with Crippen LogP contribution in [0.1, 0.15) is 12.6 Å². The Morgan fingerprint density at radius 2 is 2.31 bits per heavy atom. The molecule has 6 nitrogen and oxygen atoms in total. The molecule has 0 saturated carbocycles. The van der Waals surface area contributed by atoms with Gasteiger partial charge in [0.25, 0.3) is 0 Å². The zero-order chi connectivity index (χ0) is 12.3. The fraction of sp³-hybridized carbons (Fsp3) is 0.400. The average Bonchev–Trinajstić information content (AvgIpc) is 2.17. The summed E-state index contributed by atoms with van der Waals surface area (Å²) in [6.45, 7) is 1.39. The Labute approximate surface area is 92.0 Å². The van der Waals surface area contributed by atoms with Gasteiger partial charge in [-0.2, -0.15) is 0 Å². The first-order valence-electron chi connectivity index (χ1n) is 4.64. The highest BCUT2D eigenvalue weighted by Crippen LogP contribution is 2.09. The lowest BCUT2D eigenvalue weighted by atomic mass is 9.97. The molecule has 0 amide bonds. The van der Waals surface area contributed by atoms with Gasteiger partial charge in [0.05, 0.1) is 7.11 Å². The number of nitrogens with one attached hydrogen (secondary N) is 1. The van der Waals surface area contributed by atoms with E-state index in [0.717, 1.165) is 0 Å². The second kappa shape index (κ2) is 4.36. The van der Waals surface area contributed by atoms with Gasteiger partial charge >= 0.3 is 5.97 Å².